The van der Waals surface area contributed by atoms with E-state index in [0.29, 0.717) is 10.6 Å². The number of aromatic nitrogens is 2. The molecule has 0 aliphatic carbocycles. The van der Waals surface area contributed by atoms with Crippen LogP contribution in [0, 0.1) is 0 Å². The van der Waals surface area contributed by atoms with Gasteiger partial charge in [-0.15, -0.1) is 0 Å². The van der Waals surface area contributed by atoms with Gasteiger partial charge in [0.2, 0.25) is 0 Å². The minimum absolute atomic E-state index is 0.0589. The summed E-state index contributed by atoms with van der Waals surface area (Å²) in [5.74, 6) is 0.0589. The summed E-state index contributed by atoms with van der Waals surface area (Å²) in [5.41, 5.74) is 1.45. The first-order valence-corrected chi connectivity index (χ1v) is 6.55. The predicted molar refractivity (Wildman–Crippen MR) is 70.9 cm³/mol. The zero-order valence-corrected chi connectivity index (χ0v) is 10.7. The van der Waals surface area contributed by atoms with Gasteiger partial charge in [-0.05, 0) is 31.4 Å². The van der Waals surface area contributed by atoms with E-state index >= 15 is 0 Å². The predicted octanol–water partition coefficient (Wildman–Crippen LogP) is 2.84. The number of carbonyl (C=O) groups excluding carboxylic acids is 1. The standard InChI is InChI=1S/C13H14ClN3O/c14-9-6-10(11-8-15-16-12(11)7-9)13(18)17-4-2-1-3-5-17/h6-8H,1-5H2,(H,15,16). The molecule has 0 saturated carbocycles. The number of H-pyrrole nitrogens is 1. The number of fused-ring (bicyclic) bond motifs is 1. The normalized spacial score (nSPS) is 16.2. The summed E-state index contributed by atoms with van der Waals surface area (Å²) in [6.07, 6.45) is 5.06. The molecule has 0 bridgehead atoms. The van der Waals surface area contributed by atoms with Crippen molar-refractivity contribution in [2.75, 3.05) is 13.1 Å². The van der Waals surface area contributed by atoms with Gasteiger partial charge in [-0.2, -0.15) is 5.10 Å². The van der Waals surface area contributed by atoms with Crippen LogP contribution < -0.4 is 0 Å². The van der Waals surface area contributed by atoms with Crippen LogP contribution in [0.4, 0.5) is 0 Å². The van der Waals surface area contributed by atoms with E-state index in [0.717, 1.165) is 36.8 Å². The van der Waals surface area contributed by atoms with E-state index in [1.165, 1.54) is 6.42 Å². The molecule has 2 aromatic rings. The Morgan fingerprint density at radius 1 is 1.28 bits per heavy atom. The molecule has 1 fully saturated rings. The molecule has 1 saturated heterocycles. The quantitative estimate of drug-likeness (QED) is 0.860. The Morgan fingerprint density at radius 3 is 2.83 bits per heavy atom. The van der Waals surface area contributed by atoms with Gasteiger partial charge in [0.25, 0.3) is 5.91 Å². The van der Waals surface area contributed by atoms with E-state index in [4.69, 9.17) is 11.6 Å². The Kier molecular flexibility index (Phi) is 2.96. The topological polar surface area (TPSA) is 49.0 Å². The van der Waals surface area contributed by atoms with Crippen LogP contribution in [-0.4, -0.2) is 34.1 Å². The third kappa shape index (κ3) is 1.97. The van der Waals surface area contributed by atoms with Crippen molar-refractivity contribution in [3.8, 4) is 0 Å². The number of piperidine rings is 1. The fraction of sp³-hybridized carbons (Fsp3) is 0.385. The first-order valence-electron chi connectivity index (χ1n) is 6.17. The molecule has 0 unspecified atom stereocenters. The lowest BCUT2D eigenvalue weighted by molar-refractivity contribution is 0.0726. The third-order valence-electron chi connectivity index (χ3n) is 3.40. The van der Waals surface area contributed by atoms with E-state index < -0.39 is 0 Å². The number of halogens is 1. The van der Waals surface area contributed by atoms with Gasteiger partial charge >= 0.3 is 0 Å². The third-order valence-corrected chi connectivity index (χ3v) is 3.62. The fourth-order valence-electron chi connectivity index (χ4n) is 2.46. The molecule has 0 radical (unpaired) electrons. The van der Waals surface area contributed by atoms with Crippen LogP contribution in [0.1, 0.15) is 29.6 Å². The molecule has 1 aliphatic heterocycles. The smallest absolute Gasteiger partial charge is 0.254 e. The summed E-state index contributed by atoms with van der Waals surface area (Å²) in [7, 11) is 0. The molecule has 3 rings (SSSR count). The molecule has 1 aromatic heterocycles. The van der Waals surface area contributed by atoms with Gasteiger partial charge < -0.3 is 4.90 Å². The molecule has 18 heavy (non-hydrogen) atoms. The molecule has 94 valence electrons. The maximum absolute atomic E-state index is 12.5. The highest BCUT2D eigenvalue weighted by Crippen LogP contribution is 2.24. The van der Waals surface area contributed by atoms with Gasteiger partial charge in [-0.1, -0.05) is 11.6 Å². The van der Waals surface area contributed by atoms with Crippen molar-refractivity contribution in [3.63, 3.8) is 0 Å². The highest BCUT2D eigenvalue weighted by atomic mass is 35.5. The van der Waals surface area contributed by atoms with Crippen LogP contribution in [0.15, 0.2) is 18.3 Å². The first-order chi connectivity index (χ1) is 8.75. The van der Waals surface area contributed by atoms with Crippen molar-refractivity contribution in [2.24, 2.45) is 0 Å². The lowest BCUT2D eigenvalue weighted by atomic mass is 10.1. The fourth-order valence-corrected chi connectivity index (χ4v) is 2.68. The van der Waals surface area contributed by atoms with Crippen LogP contribution in [0.2, 0.25) is 5.02 Å². The lowest BCUT2D eigenvalue weighted by Crippen LogP contribution is -2.35. The van der Waals surface area contributed by atoms with E-state index in [1.54, 1.807) is 18.3 Å². The minimum Gasteiger partial charge on any atom is -0.339 e. The number of amides is 1. The molecule has 0 spiro atoms. The van der Waals surface area contributed by atoms with Crippen LogP contribution in [-0.2, 0) is 0 Å². The highest BCUT2D eigenvalue weighted by molar-refractivity contribution is 6.32. The largest absolute Gasteiger partial charge is 0.339 e. The van der Waals surface area contributed by atoms with Crippen molar-refractivity contribution in [1.29, 1.82) is 0 Å². The van der Waals surface area contributed by atoms with E-state index in [-0.39, 0.29) is 5.91 Å². The number of aromatic amines is 1. The van der Waals surface area contributed by atoms with Crippen molar-refractivity contribution in [2.45, 2.75) is 19.3 Å². The average Bonchev–Trinajstić information content (AvgIpc) is 2.86. The van der Waals surface area contributed by atoms with Crippen LogP contribution >= 0.6 is 11.6 Å². The second-order valence-corrected chi connectivity index (χ2v) is 5.07. The Hall–Kier alpha value is -1.55. The maximum Gasteiger partial charge on any atom is 0.254 e. The molecule has 2 heterocycles. The molecule has 1 N–H and O–H groups in total. The molecule has 4 nitrogen and oxygen atoms in total. The highest BCUT2D eigenvalue weighted by Gasteiger charge is 2.21. The van der Waals surface area contributed by atoms with Crippen molar-refractivity contribution >= 4 is 28.4 Å². The van der Waals surface area contributed by atoms with Gasteiger partial charge in [0, 0.05) is 23.5 Å². The molecule has 1 aliphatic rings. The SMILES string of the molecule is O=C(c1cc(Cl)cc2[nH]ncc12)N1CCCCC1. The number of carbonyl (C=O) groups is 1. The van der Waals surface area contributed by atoms with Crippen LogP contribution in [0.5, 0.6) is 0 Å². The number of benzene rings is 1. The van der Waals surface area contributed by atoms with Crippen molar-refractivity contribution < 1.29 is 4.79 Å². The number of hydrogen-bond donors (Lipinski definition) is 1. The molecule has 1 aromatic carbocycles. The van der Waals surface area contributed by atoms with Crippen LogP contribution in [0.25, 0.3) is 10.9 Å². The number of nitrogens with one attached hydrogen (secondary N) is 1. The molecular formula is C13H14ClN3O. The monoisotopic (exact) mass is 263 g/mol. The molecule has 5 heteroatoms. The number of rotatable bonds is 1. The Balaban J connectivity index is 2.02. The molecule has 1 amide bonds. The molecular weight excluding hydrogens is 250 g/mol. The van der Waals surface area contributed by atoms with Crippen molar-refractivity contribution in [1.82, 2.24) is 15.1 Å². The minimum atomic E-state index is 0.0589. The summed E-state index contributed by atoms with van der Waals surface area (Å²) >= 11 is 6.05. The second-order valence-electron chi connectivity index (χ2n) is 4.64. The number of likely N-dealkylation sites (tertiary alicyclic amines) is 1. The van der Waals surface area contributed by atoms with Gasteiger partial charge in [-0.25, -0.2) is 0 Å². The Morgan fingerprint density at radius 2 is 2.06 bits per heavy atom. The van der Waals surface area contributed by atoms with E-state index in [9.17, 15) is 4.79 Å². The Bertz CT molecular complexity index is 587. The van der Waals surface area contributed by atoms with Crippen LogP contribution in [0.3, 0.4) is 0 Å². The summed E-state index contributed by atoms with van der Waals surface area (Å²) in [5, 5.41) is 8.23. The van der Waals surface area contributed by atoms with E-state index in [2.05, 4.69) is 10.2 Å². The summed E-state index contributed by atoms with van der Waals surface area (Å²) in [6.45, 7) is 1.68. The number of nitrogens with zero attached hydrogens (tertiary/aromatic N) is 2. The van der Waals surface area contributed by atoms with Gasteiger partial charge in [-0.3, -0.25) is 9.89 Å². The van der Waals surface area contributed by atoms with Gasteiger partial charge in [0.1, 0.15) is 0 Å². The summed E-state index contributed by atoms with van der Waals surface area (Å²) in [4.78, 5) is 14.4. The van der Waals surface area contributed by atoms with Gasteiger partial charge in [0.15, 0.2) is 0 Å². The zero-order chi connectivity index (χ0) is 12.5. The second kappa shape index (κ2) is 4.61. The first kappa shape index (κ1) is 11.5. The van der Waals surface area contributed by atoms with Crippen molar-refractivity contribution in [3.05, 3.63) is 28.9 Å². The maximum atomic E-state index is 12.5. The summed E-state index contributed by atoms with van der Waals surface area (Å²) < 4.78 is 0. The van der Waals surface area contributed by atoms with E-state index in [1.807, 2.05) is 4.90 Å². The lowest BCUT2D eigenvalue weighted by Gasteiger charge is -2.27. The average molecular weight is 264 g/mol. The molecule has 0 atom stereocenters. The zero-order valence-electron chi connectivity index (χ0n) is 9.95. The Labute approximate surface area is 110 Å². The summed E-state index contributed by atoms with van der Waals surface area (Å²) in [6, 6.07) is 3.52. The van der Waals surface area contributed by atoms with Gasteiger partial charge in [0.05, 0.1) is 17.3 Å². The number of hydrogen-bond acceptors (Lipinski definition) is 2.